The number of hydrogen-bond donors (Lipinski definition) is 0. The molecule has 1 fully saturated rings. The number of thiophene rings is 1. The van der Waals surface area contributed by atoms with E-state index in [1.807, 2.05) is 12.1 Å². The van der Waals surface area contributed by atoms with Crippen LogP contribution in [0.15, 0.2) is 33.5 Å². The highest BCUT2D eigenvalue weighted by atomic mass is 35.5. The molecule has 12 heteroatoms. The molecular formula is C21H18ClN3O5S3. The minimum absolute atomic E-state index is 0.113. The Kier molecular flexibility index (Phi) is 5.96. The van der Waals surface area contributed by atoms with Crippen molar-refractivity contribution in [3.8, 4) is 23.8 Å². The van der Waals surface area contributed by atoms with Gasteiger partial charge in [0.25, 0.3) is 15.9 Å². The average molecular weight is 524 g/mol. The van der Waals surface area contributed by atoms with Gasteiger partial charge in [-0.1, -0.05) is 28.9 Å². The highest BCUT2D eigenvalue weighted by Gasteiger charge is 2.40. The zero-order valence-electron chi connectivity index (χ0n) is 17.2. The smallest absolute Gasteiger partial charge is 0.266 e. The number of benzene rings is 1. The number of halogens is 1. The average Bonchev–Trinajstić information content (AvgIpc) is 3.52. The molecule has 4 heterocycles. The maximum atomic E-state index is 13.2. The van der Waals surface area contributed by atoms with Gasteiger partial charge in [0.15, 0.2) is 16.3 Å². The van der Waals surface area contributed by atoms with Crippen LogP contribution in [-0.4, -0.2) is 49.0 Å². The minimum atomic E-state index is -3.84. The number of aromatic nitrogens is 1. The van der Waals surface area contributed by atoms with Gasteiger partial charge in [-0.2, -0.15) is 9.30 Å². The lowest BCUT2D eigenvalue weighted by Crippen LogP contribution is -2.40. The van der Waals surface area contributed by atoms with E-state index in [2.05, 4.69) is 10.9 Å². The number of ether oxygens (including phenoxy) is 2. The maximum absolute atomic E-state index is 13.2. The van der Waals surface area contributed by atoms with Gasteiger partial charge in [0.05, 0.1) is 21.1 Å². The van der Waals surface area contributed by atoms with Crippen molar-refractivity contribution >= 4 is 60.4 Å². The van der Waals surface area contributed by atoms with Crippen molar-refractivity contribution in [3.05, 3.63) is 33.4 Å². The monoisotopic (exact) mass is 523 g/mol. The molecule has 2 aliphatic rings. The molecule has 1 aromatic carbocycles. The van der Waals surface area contributed by atoms with E-state index in [1.165, 1.54) is 27.8 Å². The normalized spacial score (nSPS) is 19.2. The molecule has 8 nitrogen and oxygen atoms in total. The molecule has 0 radical (unpaired) electrons. The zero-order valence-corrected chi connectivity index (χ0v) is 20.4. The molecule has 2 aromatic heterocycles. The van der Waals surface area contributed by atoms with Gasteiger partial charge in [-0.25, -0.2) is 8.42 Å². The first-order valence-corrected chi connectivity index (χ1v) is 13.6. The summed E-state index contributed by atoms with van der Waals surface area (Å²) in [5, 5.41) is 0. The van der Waals surface area contributed by atoms with Crippen molar-refractivity contribution in [1.82, 2.24) is 8.87 Å². The van der Waals surface area contributed by atoms with Gasteiger partial charge < -0.3 is 14.0 Å². The highest BCUT2D eigenvalue weighted by Crippen LogP contribution is 2.36. The Morgan fingerprint density at radius 3 is 2.70 bits per heavy atom. The summed E-state index contributed by atoms with van der Waals surface area (Å²) in [5.74, 6) is 3.31. The third-order valence-electron chi connectivity index (χ3n) is 5.40. The number of carbonyl (C=O) groups is 1. The van der Waals surface area contributed by atoms with Gasteiger partial charge >= 0.3 is 0 Å². The first kappa shape index (κ1) is 22.4. The SMILES string of the molecule is C#CCn1c(=NC(=O)C2CCCN2S(=O)(=O)c2ccc(Cl)s2)sc2cc3c(cc21)OCCO3. The second-order valence-corrected chi connectivity index (χ2v) is 12.3. The van der Waals surface area contributed by atoms with E-state index in [-0.39, 0.29) is 17.3 Å². The molecule has 0 aliphatic carbocycles. The fourth-order valence-corrected chi connectivity index (χ4v) is 8.24. The van der Waals surface area contributed by atoms with E-state index in [9.17, 15) is 13.2 Å². The van der Waals surface area contributed by atoms with Crippen molar-refractivity contribution in [2.75, 3.05) is 19.8 Å². The number of terminal acetylenes is 1. The van der Waals surface area contributed by atoms with E-state index in [1.54, 1.807) is 4.57 Å². The molecule has 1 unspecified atom stereocenters. The third kappa shape index (κ3) is 4.06. The lowest BCUT2D eigenvalue weighted by molar-refractivity contribution is -0.121. The van der Waals surface area contributed by atoms with E-state index < -0.39 is 22.0 Å². The van der Waals surface area contributed by atoms with Crippen LogP contribution in [0.2, 0.25) is 4.34 Å². The summed E-state index contributed by atoms with van der Waals surface area (Å²) < 4.78 is 41.8. The standard InChI is InChI=1S/C21H18ClN3O5S3/c1-2-7-24-14-11-15-16(30-10-9-29-15)12-17(14)31-21(24)23-20(26)13-4-3-8-25(13)33(27,28)19-6-5-18(22)32-19/h1,5-6,11-13H,3-4,7-10H2. The predicted molar refractivity (Wildman–Crippen MR) is 126 cm³/mol. The molecule has 33 heavy (non-hydrogen) atoms. The van der Waals surface area contributed by atoms with Crippen molar-refractivity contribution in [2.24, 2.45) is 4.99 Å². The van der Waals surface area contributed by atoms with Crippen LogP contribution in [0.5, 0.6) is 11.5 Å². The first-order chi connectivity index (χ1) is 15.9. The van der Waals surface area contributed by atoms with E-state index >= 15 is 0 Å². The van der Waals surface area contributed by atoms with Gasteiger partial charge in [0.1, 0.15) is 23.5 Å². The lowest BCUT2D eigenvalue weighted by Gasteiger charge is -2.20. The van der Waals surface area contributed by atoms with Gasteiger partial charge in [0, 0.05) is 18.7 Å². The third-order valence-corrected chi connectivity index (χ3v) is 10.1. The lowest BCUT2D eigenvalue weighted by atomic mass is 10.2. The highest BCUT2D eigenvalue weighted by molar-refractivity contribution is 7.91. The topological polar surface area (TPSA) is 90.2 Å². The number of sulfonamides is 1. The molecule has 2 aliphatic heterocycles. The molecule has 0 saturated carbocycles. The molecule has 5 rings (SSSR count). The molecular weight excluding hydrogens is 506 g/mol. The molecule has 1 atom stereocenters. The Hall–Kier alpha value is -2.36. The number of hydrogen-bond acceptors (Lipinski definition) is 7. The number of rotatable bonds is 4. The van der Waals surface area contributed by atoms with E-state index in [0.717, 1.165) is 21.6 Å². The van der Waals surface area contributed by atoms with Crippen LogP contribution in [0.4, 0.5) is 0 Å². The van der Waals surface area contributed by atoms with Crippen LogP contribution in [0.3, 0.4) is 0 Å². The second kappa shape index (κ2) is 8.77. The number of thiazole rings is 1. The van der Waals surface area contributed by atoms with E-state index in [0.29, 0.717) is 46.7 Å². The summed E-state index contributed by atoms with van der Waals surface area (Å²) in [6, 6.07) is 5.79. The first-order valence-electron chi connectivity index (χ1n) is 10.1. The molecule has 0 bridgehead atoms. The molecule has 1 amide bonds. The van der Waals surface area contributed by atoms with Crippen molar-refractivity contribution in [3.63, 3.8) is 0 Å². The van der Waals surface area contributed by atoms with Crippen molar-refractivity contribution in [1.29, 1.82) is 0 Å². The van der Waals surface area contributed by atoms with Gasteiger partial charge in [-0.05, 0) is 25.0 Å². The quantitative estimate of drug-likeness (QED) is 0.490. The fourth-order valence-electron chi connectivity index (χ4n) is 3.93. The Balaban J connectivity index is 1.54. The predicted octanol–water partition coefficient (Wildman–Crippen LogP) is 3.10. The van der Waals surface area contributed by atoms with Crippen LogP contribution >= 0.6 is 34.3 Å². The van der Waals surface area contributed by atoms with Crippen LogP contribution in [0, 0.1) is 12.3 Å². The Morgan fingerprint density at radius 1 is 1.24 bits per heavy atom. The number of fused-ring (bicyclic) bond motifs is 2. The minimum Gasteiger partial charge on any atom is -0.486 e. The van der Waals surface area contributed by atoms with Crippen LogP contribution in [-0.2, 0) is 21.4 Å². The van der Waals surface area contributed by atoms with Crippen LogP contribution < -0.4 is 14.3 Å². The summed E-state index contributed by atoms with van der Waals surface area (Å²) in [6.07, 6.45) is 6.54. The van der Waals surface area contributed by atoms with Crippen LogP contribution in [0.25, 0.3) is 10.2 Å². The van der Waals surface area contributed by atoms with Gasteiger partial charge in [-0.15, -0.1) is 17.8 Å². The number of amides is 1. The zero-order chi connectivity index (χ0) is 23.2. The van der Waals surface area contributed by atoms with E-state index in [4.69, 9.17) is 27.5 Å². The summed E-state index contributed by atoms with van der Waals surface area (Å²) in [4.78, 5) is 17.9. The fraction of sp³-hybridized carbons (Fsp3) is 0.333. The Morgan fingerprint density at radius 2 is 2.00 bits per heavy atom. The number of carbonyl (C=O) groups excluding carboxylic acids is 1. The summed E-state index contributed by atoms with van der Waals surface area (Å²) >= 11 is 8.19. The van der Waals surface area contributed by atoms with Gasteiger partial charge in [0.2, 0.25) is 0 Å². The Labute approximate surface area is 203 Å². The van der Waals surface area contributed by atoms with Crippen molar-refractivity contribution in [2.45, 2.75) is 29.6 Å². The summed E-state index contributed by atoms with van der Waals surface area (Å²) in [7, 11) is -3.84. The second-order valence-electron chi connectivity index (χ2n) is 7.42. The largest absolute Gasteiger partial charge is 0.486 e. The maximum Gasteiger partial charge on any atom is 0.266 e. The number of nitrogens with zero attached hydrogens (tertiary/aromatic N) is 3. The van der Waals surface area contributed by atoms with Crippen molar-refractivity contribution < 1.29 is 22.7 Å². The summed E-state index contributed by atoms with van der Waals surface area (Å²) in [5.41, 5.74) is 0.776. The Bertz CT molecular complexity index is 1460. The molecule has 172 valence electrons. The van der Waals surface area contributed by atoms with Gasteiger partial charge in [-0.3, -0.25) is 4.79 Å². The molecule has 0 N–H and O–H groups in total. The molecule has 3 aromatic rings. The summed E-state index contributed by atoms with van der Waals surface area (Å²) in [6.45, 7) is 1.37. The molecule has 1 saturated heterocycles. The van der Waals surface area contributed by atoms with Crippen LogP contribution in [0.1, 0.15) is 12.8 Å². The molecule has 0 spiro atoms.